The van der Waals surface area contributed by atoms with E-state index in [2.05, 4.69) is 43.8 Å². The Kier molecular flexibility index (Phi) is 24.1. The van der Waals surface area contributed by atoms with Gasteiger partial charge in [-0.3, -0.25) is 0 Å². The summed E-state index contributed by atoms with van der Waals surface area (Å²) in [5.74, 6) is 0. The van der Waals surface area contributed by atoms with Crippen molar-refractivity contribution in [3.05, 3.63) is 48.6 Å². The molecule has 0 bridgehead atoms. The second-order valence-corrected chi connectivity index (χ2v) is 3.34. The summed E-state index contributed by atoms with van der Waals surface area (Å²) in [5, 5.41) is 0. The van der Waals surface area contributed by atoms with Gasteiger partial charge in [-0.15, -0.1) is 0 Å². The van der Waals surface area contributed by atoms with Crippen molar-refractivity contribution in [2.45, 2.75) is 34.1 Å². The molecule has 0 amide bonds. The molecule has 0 atom stereocenters. The van der Waals surface area contributed by atoms with Gasteiger partial charge in [0.05, 0.1) is 0 Å². The van der Waals surface area contributed by atoms with E-state index in [0.717, 1.165) is 19.5 Å². The maximum absolute atomic E-state index is 3.83. The normalized spacial score (nSPS) is 14.3. The highest BCUT2D eigenvalue weighted by molar-refractivity contribution is 7.79. The molecular weight excluding hydrogens is 250 g/mol. The zero-order valence-electron chi connectivity index (χ0n) is 13.7. The zero-order valence-corrected chi connectivity index (χ0v) is 14.6. The highest BCUT2D eigenvalue weighted by Crippen LogP contribution is 2.18. The Morgan fingerprint density at radius 3 is 2.00 bits per heavy atom. The summed E-state index contributed by atoms with van der Waals surface area (Å²) in [7, 11) is 2.14. The molecule has 112 valence electrons. The van der Waals surface area contributed by atoms with E-state index in [1.807, 2.05) is 45.9 Å². The van der Waals surface area contributed by atoms with Gasteiger partial charge in [0.2, 0.25) is 0 Å². The number of thiol groups is 1. The molecule has 1 nitrogen and oxygen atoms in total. The van der Waals surface area contributed by atoms with Crippen LogP contribution in [-0.4, -0.2) is 31.3 Å². The van der Waals surface area contributed by atoms with Gasteiger partial charge in [0.15, 0.2) is 0 Å². The Morgan fingerprint density at radius 2 is 1.58 bits per heavy atom. The summed E-state index contributed by atoms with van der Waals surface area (Å²) < 4.78 is 0. The highest BCUT2D eigenvalue weighted by Gasteiger charge is 2.11. The fraction of sp³-hybridized carbons (Fsp3) is 0.529. The summed E-state index contributed by atoms with van der Waals surface area (Å²) in [4.78, 5) is 2.31. The first-order valence-electron chi connectivity index (χ1n) is 7.04. The van der Waals surface area contributed by atoms with Crippen LogP contribution in [-0.2, 0) is 0 Å². The lowest BCUT2D eigenvalue weighted by Crippen LogP contribution is -2.26. The van der Waals surface area contributed by atoms with E-state index >= 15 is 0 Å². The van der Waals surface area contributed by atoms with Crippen LogP contribution in [0.15, 0.2) is 48.6 Å². The molecule has 0 spiro atoms. The minimum absolute atomic E-state index is 1.01. The molecule has 0 unspecified atom stereocenters. The predicted molar refractivity (Wildman–Crippen MR) is 96.3 cm³/mol. The SMILES string of the molecule is C=C/C=C\C1=C(C=C)CN(C)CC1.CC.CC.CS. The molecule has 2 heteroatoms. The molecule has 0 N–H and O–H groups in total. The molecule has 0 aromatic carbocycles. The van der Waals surface area contributed by atoms with Crippen LogP contribution in [0.3, 0.4) is 0 Å². The van der Waals surface area contributed by atoms with Crippen LogP contribution in [0, 0.1) is 0 Å². The molecule has 0 fully saturated rings. The fourth-order valence-electron chi connectivity index (χ4n) is 1.51. The van der Waals surface area contributed by atoms with Gasteiger partial charge in [0, 0.05) is 13.1 Å². The summed E-state index contributed by atoms with van der Waals surface area (Å²) in [5.41, 5.74) is 2.74. The molecule has 0 aromatic rings. The minimum atomic E-state index is 1.01. The van der Waals surface area contributed by atoms with Crippen LogP contribution >= 0.6 is 12.6 Å². The number of rotatable bonds is 3. The predicted octanol–water partition coefficient (Wildman–Crippen LogP) is 5.15. The lowest BCUT2D eigenvalue weighted by atomic mass is 10.00. The lowest BCUT2D eigenvalue weighted by Gasteiger charge is -2.24. The number of allylic oxidation sites excluding steroid dienone is 3. The molecule has 1 aliphatic rings. The minimum Gasteiger partial charge on any atom is -0.302 e. The third-order valence-corrected chi connectivity index (χ3v) is 2.30. The van der Waals surface area contributed by atoms with Crippen molar-refractivity contribution < 1.29 is 0 Å². The Morgan fingerprint density at radius 1 is 1.05 bits per heavy atom. The van der Waals surface area contributed by atoms with Gasteiger partial charge in [0.1, 0.15) is 0 Å². The van der Waals surface area contributed by atoms with Crippen LogP contribution in [0.4, 0.5) is 0 Å². The molecule has 1 heterocycles. The van der Waals surface area contributed by atoms with Crippen LogP contribution in [0.25, 0.3) is 0 Å². The van der Waals surface area contributed by atoms with Crippen molar-refractivity contribution in [1.82, 2.24) is 4.90 Å². The second-order valence-electron chi connectivity index (χ2n) is 3.34. The van der Waals surface area contributed by atoms with Crippen LogP contribution in [0.1, 0.15) is 34.1 Å². The van der Waals surface area contributed by atoms with Crippen molar-refractivity contribution in [1.29, 1.82) is 0 Å². The van der Waals surface area contributed by atoms with Gasteiger partial charge in [-0.25, -0.2) is 0 Å². The van der Waals surface area contributed by atoms with E-state index in [0.29, 0.717) is 0 Å². The molecule has 1 rings (SSSR count). The maximum atomic E-state index is 3.83. The average Bonchev–Trinajstić information content (AvgIpc) is 2.52. The van der Waals surface area contributed by atoms with Gasteiger partial charge in [-0.2, -0.15) is 12.6 Å². The van der Waals surface area contributed by atoms with Gasteiger partial charge in [-0.1, -0.05) is 65.2 Å². The van der Waals surface area contributed by atoms with E-state index < -0.39 is 0 Å². The first-order chi connectivity index (χ1) is 9.27. The van der Waals surface area contributed by atoms with Crippen molar-refractivity contribution in [2.75, 3.05) is 26.4 Å². The fourth-order valence-corrected chi connectivity index (χ4v) is 1.51. The summed E-state index contributed by atoms with van der Waals surface area (Å²) in [6, 6.07) is 0. The molecule has 0 radical (unpaired) electrons. The third kappa shape index (κ3) is 12.1. The van der Waals surface area contributed by atoms with Crippen LogP contribution in [0.2, 0.25) is 0 Å². The van der Waals surface area contributed by atoms with Crippen molar-refractivity contribution >= 4 is 12.6 Å². The highest BCUT2D eigenvalue weighted by atomic mass is 32.1. The van der Waals surface area contributed by atoms with Crippen molar-refractivity contribution in [3.63, 3.8) is 0 Å². The van der Waals surface area contributed by atoms with Crippen molar-refractivity contribution in [3.8, 4) is 0 Å². The van der Waals surface area contributed by atoms with E-state index in [9.17, 15) is 0 Å². The summed E-state index contributed by atoms with van der Waals surface area (Å²) in [6.45, 7) is 17.6. The van der Waals surface area contributed by atoms with E-state index in [4.69, 9.17) is 0 Å². The van der Waals surface area contributed by atoms with Gasteiger partial charge in [-0.05, 0) is 30.9 Å². The molecule has 1 aliphatic heterocycles. The molecule has 0 saturated heterocycles. The first-order valence-corrected chi connectivity index (χ1v) is 7.94. The van der Waals surface area contributed by atoms with E-state index in [1.54, 1.807) is 6.26 Å². The molecule has 0 aliphatic carbocycles. The third-order valence-electron chi connectivity index (χ3n) is 2.30. The summed E-state index contributed by atoms with van der Waals surface area (Å²) in [6.07, 6.45) is 10.7. The van der Waals surface area contributed by atoms with E-state index in [-0.39, 0.29) is 0 Å². The quantitative estimate of drug-likeness (QED) is 0.554. The monoisotopic (exact) mass is 283 g/mol. The standard InChI is InChI=1S/C12H17N.2C2H6.CH4S/c1-4-6-7-12-8-9-13(3)10-11(12)5-2;3*1-2/h4-7H,1-2,8-10H2,3H3;2*1-2H3;2H,1H3/b7-6-;;;. The first kappa shape index (κ1) is 23.4. The maximum Gasteiger partial charge on any atom is 0.0233 e. The molecular formula is C17H33NS. The van der Waals surface area contributed by atoms with Gasteiger partial charge >= 0.3 is 0 Å². The van der Waals surface area contributed by atoms with Gasteiger partial charge in [0.25, 0.3) is 0 Å². The smallest absolute Gasteiger partial charge is 0.0233 e. The lowest BCUT2D eigenvalue weighted by molar-refractivity contribution is 0.354. The van der Waals surface area contributed by atoms with E-state index in [1.165, 1.54) is 11.1 Å². The van der Waals surface area contributed by atoms with Crippen molar-refractivity contribution in [2.24, 2.45) is 0 Å². The number of nitrogens with zero attached hydrogens (tertiary/aromatic N) is 1. The molecule has 0 saturated carbocycles. The van der Waals surface area contributed by atoms with Crippen LogP contribution < -0.4 is 0 Å². The Hall–Kier alpha value is -0.730. The number of hydrogen-bond donors (Lipinski definition) is 1. The number of hydrogen-bond acceptors (Lipinski definition) is 2. The Bertz CT molecular complexity index is 264. The second kappa shape index (κ2) is 19.6. The topological polar surface area (TPSA) is 3.24 Å². The molecule has 19 heavy (non-hydrogen) atoms. The molecule has 0 aromatic heterocycles. The number of likely N-dealkylation sites (N-methyl/N-ethyl adjacent to an activating group) is 1. The Balaban J connectivity index is -0.000000375. The van der Waals surface area contributed by atoms with Crippen LogP contribution in [0.5, 0.6) is 0 Å². The zero-order chi connectivity index (χ0) is 15.7. The Labute approximate surface area is 127 Å². The summed E-state index contributed by atoms with van der Waals surface area (Å²) >= 11 is 3.53. The average molecular weight is 284 g/mol. The van der Waals surface area contributed by atoms with Gasteiger partial charge < -0.3 is 4.90 Å². The largest absolute Gasteiger partial charge is 0.302 e.